The maximum absolute atomic E-state index is 3.56. The summed E-state index contributed by atoms with van der Waals surface area (Å²) in [7, 11) is 0. The maximum Gasteiger partial charge on any atom is 0.0295 e. The monoisotopic (exact) mass is 317 g/mol. The fourth-order valence-corrected chi connectivity index (χ4v) is 2.47. The van der Waals surface area contributed by atoms with Crippen molar-refractivity contribution in [2.75, 3.05) is 0 Å². The predicted molar refractivity (Wildman–Crippen MR) is 85.2 cm³/mol. The van der Waals surface area contributed by atoms with Gasteiger partial charge in [0.05, 0.1) is 0 Å². The summed E-state index contributed by atoms with van der Waals surface area (Å²) in [5, 5.41) is 3.56. The lowest BCUT2D eigenvalue weighted by molar-refractivity contribution is 0.574. The van der Waals surface area contributed by atoms with E-state index >= 15 is 0 Å². The average molecular weight is 318 g/mol. The van der Waals surface area contributed by atoms with Gasteiger partial charge in [-0.2, -0.15) is 0 Å². The third kappa shape index (κ3) is 4.19. The van der Waals surface area contributed by atoms with Crippen molar-refractivity contribution in [3.8, 4) is 0 Å². The molecule has 1 N–H and O–H groups in total. The Labute approximate surface area is 124 Å². The molecule has 0 spiro atoms. The van der Waals surface area contributed by atoms with Crippen LogP contribution in [0, 0.1) is 0 Å². The van der Waals surface area contributed by atoms with Gasteiger partial charge in [0.15, 0.2) is 0 Å². The average Bonchev–Trinajstić information content (AvgIpc) is 2.45. The fourth-order valence-electron chi connectivity index (χ4n) is 2.06. The molecule has 0 unspecified atom stereocenters. The molecule has 0 amide bonds. The van der Waals surface area contributed by atoms with Crippen LogP contribution >= 0.6 is 15.9 Å². The number of benzene rings is 2. The third-order valence-electron chi connectivity index (χ3n) is 3.39. The van der Waals surface area contributed by atoms with E-state index in [9.17, 15) is 0 Å². The van der Waals surface area contributed by atoms with Crippen molar-refractivity contribution in [1.29, 1.82) is 0 Å². The molecule has 0 aliphatic heterocycles. The lowest BCUT2D eigenvalue weighted by Gasteiger charge is -2.15. The molecule has 0 fully saturated rings. The van der Waals surface area contributed by atoms with E-state index in [1.54, 1.807) is 0 Å². The van der Waals surface area contributed by atoms with Crippen LogP contribution in [0.25, 0.3) is 0 Å². The van der Waals surface area contributed by atoms with Crippen molar-refractivity contribution >= 4 is 15.9 Å². The highest BCUT2D eigenvalue weighted by Crippen LogP contribution is 2.18. The molecule has 0 aromatic heterocycles. The minimum Gasteiger partial charge on any atom is -0.306 e. The quantitative estimate of drug-likeness (QED) is 0.830. The highest BCUT2D eigenvalue weighted by Gasteiger charge is 2.05. The molecule has 100 valence electrons. The lowest BCUT2D eigenvalue weighted by Crippen LogP contribution is -2.18. The fraction of sp³-hybridized carbons (Fsp3) is 0.294. The van der Waals surface area contributed by atoms with E-state index in [2.05, 4.69) is 83.6 Å². The van der Waals surface area contributed by atoms with Crippen LogP contribution in [-0.2, 0) is 13.0 Å². The van der Waals surface area contributed by atoms with Gasteiger partial charge in [0.1, 0.15) is 0 Å². The predicted octanol–water partition coefficient (Wildman–Crippen LogP) is 4.86. The highest BCUT2D eigenvalue weighted by molar-refractivity contribution is 9.10. The normalized spacial score (nSPS) is 12.4. The number of nitrogens with one attached hydrogen (secondary N) is 1. The van der Waals surface area contributed by atoms with Gasteiger partial charge in [0.25, 0.3) is 0 Å². The van der Waals surface area contributed by atoms with Crippen LogP contribution in [0.2, 0.25) is 0 Å². The summed E-state index contributed by atoms with van der Waals surface area (Å²) >= 11 is 3.51. The van der Waals surface area contributed by atoms with Crippen LogP contribution in [0.3, 0.4) is 0 Å². The minimum atomic E-state index is 0.350. The number of aryl methyl sites for hydroxylation is 1. The molecule has 0 aliphatic carbocycles. The summed E-state index contributed by atoms with van der Waals surface area (Å²) in [5.74, 6) is 0. The Morgan fingerprint density at radius 1 is 1.05 bits per heavy atom. The van der Waals surface area contributed by atoms with Crippen LogP contribution in [0.15, 0.2) is 53.0 Å². The molecule has 0 heterocycles. The maximum atomic E-state index is 3.56. The molecule has 0 saturated carbocycles. The van der Waals surface area contributed by atoms with Gasteiger partial charge in [-0.15, -0.1) is 0 Å². The second kappa shape index (κ2) is 6.88. The molecule has 0 saturated heterocycles. The Morgan fingerprint density at radius 3 is 2.37 bits per heavy atom. The van der Waals surface area contributed by atoms with Crippen LogP contribution in [-0.4, -0.2) is 0 Å². The summed E-state index contributed by atoms with van der Waals surface area (Å²) in [4.78, 5) is 0. The first-order valence-corrected chi connectivity index (χ1v) is 7.55. The second-order valence-corrected chi connectivity index (χ2v) is 5.74. The number of hydrogen-bond donors (Lipinski definition) is 1. The first-order valence-electron chi connectivity index (χ1n) is 6.75. The SMILES string of the molecule is CCc1ccc(CN[C@@H](C)c2cccc(Br)c2)cc1. The molecular formula is C17H20BrN. The smallest absolute Gasteiger partial charge is 0.0295 e. The molecule has 2 aromatic rings. The number of rotatable bonds is 5. The second-order valence-electron chi connectivity index (χ2n) is 4.83. The Bertz CT molecular complexity index is 519. The third-order valence-corrected chi connectivity index (χ3v) is 3.89. The van der Waals surface area contributed by atoms with Crippen molar-refractivity contribution in [2.24, 2.45) is 0 Å². The van der Waals surface area contributed by atoms with Gasteiger partial charge < -0.3 is 5.32 Å². The standard InChI is InChI=1S/C17H20BrN/c1-3-14-7-9-15(10-8-14)12-19-13(2)16-5-4-6-17(18)11-16/h4-11,13,19H,3,12H2,1-2H3/t13-/m0/s1. The largest absolute Gasteiger partial charge is 0.306 e. The Balaban J connectivity index is 1.94. The van der Waals surface area contributed by atoms with E-state index in [1.807, 2.05) is 0 Å². The van der Waals surface area contributed by atoms with E-state index in [0.29, 0.717) is 6.04 Å². The Morgan fingerprint density at radius 2 is 1.74 bits per heavy atom. The molecular weight excluding hydrogens is 298 g/mol. The molecule has 2 heteroatoms. The molecule has 1 nitrogen and oxygen atoms in total. The first-order chi connectivity index (χ1) is 9.19. The van der Waals surface area contributed by atoms with Crippen LogP contribution in [0.4, 0.5) is 0 Å². The molecule has 2 rings (SSSR count). The molecule has 0 aliphatic rings. The Kier molecular flexibility index (Phi) is 5.17. The summed E-state index contributed by atoms with van der Waals surface area (Å²) in [6.07, 6.45) is 1.10. The van der Waals surface area contributed by atoms with E-state index < -0.39 is 0 Å². The van der Waals surface area contributed by atoms with E-state index in [4.69, 9.17) is 0 Å². The van der Waals surface area contributed by atoms with Crippen LogP contribution < -0.4 is 5.32 Å². The van der Waals surface area contributed by atoms with Crippen molar-refractivity contribution in [2.45, 2.75) is 32.9 Å². The van der Waals surface area contributed by atoms with E-state index in [0.717, 1.165) is 17.4 Å². The van der Waals surface area contributed by atoms with Crippen LogP contribution in [0.1, 0.15) is 36.6 Å². The summed E-state index contributed by atoms with van der Waals surface area (Å²) in [5.41, 5.74) is 4.03. The van der Waals surface area contributed by atoms with Crippen molar-refractivity contribution < 1.29 is 0 Å². The molecule has 2 aromatic carbocycles. The lowest BCUT2D eigenvalue weighted by atomic mass is 10.1. The molecule has 19 heavy (non-hydrogen) atoms. The van der Waals surface area contributed by atoms with Crippen molar-refractivity contribution in [3.05, 3.63) is 69.7 Å². The zero-order valence-corrected chi connectivity index (χ0v) is 13.1. The number of hydrogen-bond acceptors (Lipinski definition) is 1. The van der Waals surface area contributed by atoms with Crippen LogP contribution in [0.5, 0.6) is 0 Å². The van der Waals surface area contributed by atoms with Gasteiger partial charge in [0.2, 0.25) is 0 Å². The van der Waals surface area contributed by atoms with Crippen molar-refractivity contribution in [1.82, 2.24) is 5.32 Å². The van der Waals surface area contributed by atoms with E-state index in [-0.39, 0.29) is 0 Å². The van der Waals surface area contributed by atoms with Gasteiger partial charge in [-0.1, -0.05) is 59.3 Å². The molecule has 0 bridgehead atoms. The molecule has 0 radical (unpaired) electrons. The van der Waals surface area contributed by atoms with E-state index in [1.165, 1.54) is 16.7 Å². The Hall–Kier alpha value is -1.12. The zero-order chi connectivity index (χ0) is 13.7. The molecule has 1 atom stereocenters. The summed E-state index contributed by atoms with van der Waals surface area (Å²) in [6.45, 7) is 5.28. The zero-order valence-electron chi connectivity index (χ0n) is 11.5. The van der Waals surface area contributed by atoms with Gasteiger partial charge >= 0.3 is 0 Å². The van der Waals surface area contributed by atoms with Gasteiger partial charge in [-0.25, -0.2) is 0 Å². The van der Waals surface area contributed by atoms with Gasteiger partial charge in [-0.05, 0) is 42.2 Å². The van der Waals surface area contributed by atoms with Gasteiger partial charge in [0, 0.05) is 17.1 Å². The van der Waals surface area contributed by atoms with Crippen molar-refractivity contribution in [3.63, 3.8) is 0 Å². The summed E-state index contributed by atoms with van der Waals surface area (Å²) < 4.78 is 1.13. The topological polar surface area (TPSA) is 12.0 Å². The summed E-state index contributed by atoms with van der Waals surface area (Å²) in [6, 6.07) is 17.6. The highest BCUT2D eigenvalue weighted by atomic mass is 79.9. The minimum absolute atomic E-state index is 0.350. The first kappa shape index (κ1) is 14.3. The van der Waals surface area contributed by atoms with Gasteiger partial charge in [-0.3, -0.25) is 0 Å². The number of halogens is 1.